The van der Waals surface area contributed by atoms with E-state index in [-0.39, 0.29) is 23.1 Å². The van der Waals surface area contributed by atoms with Gasteiger partial charge in [0.25, 0.3) is 0 Å². The summed E-state index contributed by atoms with van der Waals surface area (Å²) in [6.45, 7) is 0.924. The van der Waals surface area contributed by atoms with Crippen molar-refractivity contribution in [3.8, 4) is 0 Å². The number of fused-ring (bicyclic) bond motifs is 2. The molecular formula is C14H18N2O3S. The Labute approximate surface area is 118 Å². The summed E-state index contributed by atoms with van der Waals surface area (Å²) in [6.07, 6.45) is 1.39. The van der Waals surface area contributed by atoms with Crippen LogP contribution in [0.1, 0.15) is 12.0 Å². The summed E-state index contributed by atoms with van der Waals surface area (Å²) in [7, 11) is -2.94. The molecule has 2 amide bonds. The number of hydrogen-bond donors (Lipinski definition) is 1. The van der Waals surface area contributed by atoms with Gasteiger partial charge in [-0.1, -0.05) is 30.3 Å². The Morgan fingerprint density at radius 1 is 1.30 bits per heavy atom. The van der Waals surface area contributed by atoms with Crippen LogP contribution in [0.4, 0.5) is 4.79 Å². The molecule has 20 heavy (non-hydrogen) atoms. The highest BCUT2D eigenvalue weighted by atomic mass is 32.2. The Morgan fingerprint density at radius 2 is 2.05 bits per heavy atom. The molecule has 108 valence electrons. The highest BCUT2D eigenvalue weighted by molar-refractivity contribution is 7.92. The van der Waals surface area contributed by atoms with Crippen molar-refractivity contribution in [2.75, 3.05) is 18.8 Å². The molecule has 2 bridgehead atoms. The number of sulfone groups is 1. The van der Waals surface area contributed by atoms with Crippen LogP contribution < -0.4 is 5.32 Å². The lowest BCUT2D eigenvalue weighted by atomic mass is 10.1. The molecule has 2 aliphatic heterocycles. The van der Waals surface area contributed by atoms with Gasteiger partial charge >= 0.3 is 6.03 Å². The molecule has 0 aromatic heterocycles. The number of nitrogens with zero attached hydrogens (tertiary/aromatic N) is 1. The number of rotatable bonds is 3. The zero-order valence-electron chi connectivity index (χ0n) is 11.2. The van der Waals surface area contributed by atoms with E-state index >= 15 is 0 Å². The van der Waals surface area contributed by atoms with Crippen LogP contribution in [-0.4, -0.2) is 49.5 Å². The fraction of sp³-hybridized carbons (Fsp3) is 0.500. The molecule has 1 aromatic carbocycles. The summed E-state index contributed by atoms with van der Waals surface area (Å²) in [6, 6.07) is 9.70. The monoisotopic (exact) mass is 294 g/mol. The van der Waals surface area contributed by atoms with Crippen LogP contribution in [0, 0.1) is 0 Å². The zero-order chi connectivity index (χ0) is 14.2. The van der Waals surface area contributed by atoms with Crippen LogP contribution >= 0.6 is 0 Å². The Morgan fingerprint density at radius 3 is 2.65 bits per heavy atom. The predicted octanol–water partition coefficient (Wildman–Crippen LogP) is 0.810. The maximum Gasteiger partial charge on any atom is 0.317 e. The van der Waals surface area contributed by atoms with E-state index < -0.39 is 9.84 Å². The van der Waals surface area contributed by atoms with Crippen molar-refractivity contribution >= 4 is 15.9 Å². The van der Waals surface area contributed by atoms with Gasteiger partial charge in [0, 0.05) is 19.1 Å². The smallest absolute Gasteiger partial charge is 0.317 e. The quantitative estimate of drug-likeness (QED) is 0.897. The molecule has 1 aromatic rings. The third-order valence-electron chi connectivity index (χ3n) is 4.10. The molecule has 5 nitrogen and oxygen atoms in total. The first-order chi connectivity index (χ1) is 9.56. The Kier molecular flexibility index (Phi) is 3.41. The summed E-state index contributed by atoms with van der Waals surface area (Å²) >= 11 is 0. The summed E-state index contributed by atoms with van der Waals surface area (Å²) in [5, 5.41) is 2.54. The highest BCUT2D eigenvalue weighted by Crippen LogP contribution is 2.32. The third kappa shape index (κ3) is 2.52. The number of carbonyl (C=O) groups is 1. The number of amides is 2. The van der Waals surface area contributed by atoms with Crippen LogP contribution in [0.3, 0.4) is 0 Å². The summed E-state index contributed by atoms with van der Waals surface area (Å²) in [5.41, 5.74) is 1.18. The molecule has 2 heterocycles. The number of nitrogens with one attached hydrogen (secondary N) is 1. The van der Waals surface area contributed by atoms with Gasteiger partial charge in [-0.25, -0.2) is 13.2 Å². The molecule has 2 unspecified atom stereocenters. The SMILES string of the molecule is O=C(NCCc1ccccc1)N1CC2CC1CS2(=O)=O. The van der Waals surface area contributed by atoms with Gasteiger partial charge in [0.15, 0.2) is 9.84 Å². The minimum atomic E-state index is -2.94. The van der Waals surface area contributed by atoms with Gasteiger partial charge in [0.1, 0.15) is 0 Å². The lowest BCUT2D eigenvalue weighted by Crippen LogP contribution is -2.48. The van der Waals surface area contributed by atoms with Crippen LogP contribution in [0.15, 0.2) is 30.3 Å². The Hall–Kier alpha value is -1.56. The molecule has 3 rings (SSSR count). The molecular weight excluding hydrogens is 276 g/mol. The third-order valence-corrected chi connectivity index (χ3v) is 6.31. The van der Waals surface area contributed by atoms with Crippen molar-refractivity contribution < 1.29 is 13.2 Å². The second kappa shape index (κ2) is 5.09. The van der Waals surface area contributed by atoms with Crippen molar-refractivity contribution in [3.63, 3.8) is 0 Å². The Bertz CT molecular complexity index is 600. The average molecular weight is 294 g/mol. The number of benzene rings is 1. The summed E-state index contributed by atoms with van der Waals surface area (Å²) in [4.78, 5) is 13.7. The lowest BCUT2D eigenvalue weighted by molar-refractivity contribution is 0.195. The van der Waals surface area contributed by atoms with Crippen LogP contribution in [0.25, 0.3) is 0 Å². The first kappa shape index (κ1) is 13.4. The maximum atomic E-state index is 12.1. The molecule has 1 N–H and O–H groups in total. The van der Waals surface area contributed by atoms with Crippen LogP contribution in [0.2, 0.25) is 0 Å². The van der Waals surface area contributed by atoms with Gasteiger partial charge in [-0.05, 0) is 18.4 Å². The van der Waals surface area contributed by atoms with Gasteiger partial charge < -0.3 is 10.2 Å². The zero-order valence-corrected chi connectivity index (χ0v) is 12.0. The van der Waals surface area contributed by atoms with E-state index in [1.165, 1.54) is 5.56 Å². The van der Waals surface area contributed by atoms with Crippen molar-refractivity contribution in [2.24, 2.45) is 0 Å². The number of likely N-dealkylation sites (tertiary alicyclic amines) is 1. The number of carbonyl (C=O) groups excluding carboxylic acids is 1. The molecule has 0 aliphatic carbocycles. The Balaban J connectivity index is 1.50. The second-order valence-corrected chi connectivity index (χ2v) is 7.79. The second-order valence-electron chi connectivity index (χ2n) is 5.46. The molecule has 2 fully saturated rings. The van der Waals surface area contributed by atoms with Crippen molar-refractivity contribution in [3.05, 3.63) is 35.9 Å². The van der Waals surface area contributed by atoms with Crippen molar-refractivity contribution in [2.45, 2.75) is 24.1 Å². The molecule has 0 spiro atoms. The normalized spacial score (nSPS) is 26.7. The van der Waals surface area contributed by atoms with Gasteiger partial charge in [0.05, 0.1) is 11.0 Å². The van der Waals surface area contributed by atoms with E-state index in [4.69, 9.17) is 0 Å². The topological polar surface area (TPSA) is 66.5 Å². The molecule has 2 saturated heterocycles. The minimum Gasteiger partial charge on any atom is -0.338 e. The van der Waals surface area contributed by atoms with E-state index in [1.54, 1.807) is 4.90 Å². The highest BCUT2D eigenvalue weighted by Gasteiger charge is 2.49. The predicted molar refractivity (Wildman–Crippen MR) is 76.2 cm³/mol. The summed E-state index contributed by atoms with van der Waals surface area (Å²) < 4.78 is 23.3. The van der Waals surface area contributed by atoms with Gasteiger partial charge in [-0.15, -0.1) is 0 Å². The van der Waals surface area contributed by atoms with Gasteiger partial charge in [-0.3, -0.25) is 0 Å². The molecule has 0 saturated carbocycles. The standard InChI is InChI=1S/C14H18N2O3S/c17-14(15-7-6-11-4-2-1-3-5-11)16-9-13-8-12(16)10-20(13,18)19/h1-5,12-13H,6-10H2,(H,15,17). The van der Waals surface area contributed by atoms with Gasteiger partial charge in [-0.2, -0.15) is 0 Å². The number of urea groups is 1. The number of hydrogen-bond acceptors (Lipinski definition) is 3. The van der Waals surface area contributed by atoms with Crippen molar-refractivity contribution in [1.82, 2.24) is 10.2 Å². The van der Waals surface area contributed by atoms with E-state index in [2.05, 4.69) is 5.32 Å². The van der Waals surface area contributed by atoms with Crippen LogP contribution in [-0.2, 0) is 16.3 Å². The van der Waals surface area contributed by atoms with E-state index in [0.29, 0.717) is 19.5 Å². The molecule has 2 aliphatic rings. The largest absolute Gasteiger partial charge is 0.338 e. The lowest BCUT2D eigenvalue weighted by Gasteiger charge is -2.27. The minimum absolute atomic E-state index is 0.123. The fourth-order valence-corrected chi connectivity index (χ4v) is 5.03. The maximum absolute atomic E-state index is 12.1. The first-order valence-electron chi connectivity index (χ1n) is 6.86. The van der Waals surface area contributed by atoms with E-state index in [1.807, 2.05) is 30.3 Å². The molecule has 0 radical (unpaired) electrons. The fourth-order valence-electron chi connectivity index (χ4n) is 3.00. The first-order valence-corrected chi connectivity index (χ1v) is 8.58. The summed E-state index contributed by atoms with van der Waals surface area (Å²) in [5.74, 6) is 0.129. The average Bonchev–Trinajstić information content (AvgIpc) is 2.95. The van der Waals surface area contributed by atoms with E-state index in [0.717, 1.165) is 6.42 Å². The van der Waals surface area contributed by atoms with E-state index in [9.17, 15) is 13.2 Å². The van der Waals surface area contributed by atoms with Crippen LogP contribution in [0.5, 0.6) is 0 Å². The van der Waals surface area contributed by atoms with Gasteiger partial charge in [0.2, 0.25) is 0 Å². The molecule has 6 heteroatoms. The molecule has 2 atom stereocenters. The van der Waals surface area contributed by atoms with Crippen molar-refractivity contribution in [1.29, 1.82) is 0 Å².